The second-order valence-electron chi connectivity index (χ2n) is 6.45. The molecule has 2 heterocycles. The maximum Gasteiger partial charge on any atom is 0.227 e. The molecule has 0 aromatic rings. The number of amides is 1. The Morgan fingerprint density at radius 1 is 1.38 bits per heavy atom. The van der Waals surface area contributed by atoms with E-state index < -0.39 is 10.0 Å². The van der Waals surface area contributed by atoms with Gasteiger partial charge in [0.05, 0.1) is 11.2 Å². The highest BCUT2D eigenvalue weighted by atomic mass is 32.2. The molecule has 2 saturated heterocycles. The molecule has 2 fully saturated rings. The van der Waals surface area contributed by atoms with Crippen LogP contribution in [0.15, 0.2) is 0 Å². The maximum absolute atomic E-state index is 12.3. The second-order valence-corrected chi connectivity index (χ2v) is 8.54. The van der Waals surface area contributed by atoms with Gasteiger partial charge in [0.1, 0.15) is 0 Å². The SMILES string of the molecule is CCCS(=O)(=O)N1CCC(NC(=O)C2(C)CCNC2)CC1. The molecule has 0 saturated carbocycles. The number of carbonyl (C=O) groups is 1. The number of hydrogen-bond acceptors (Lipinski definition) is 4. The fourth-order valence-electron chi connectivity index (χ4n) is 3.04. The summed E-state index contributed by atoms with van der Waals surface area (Å²) in [5, 5.41) is 6.33. The Balaban J connectivity index is 1.83. The minimum Gasteiger partial charge on any atom is -0.353 e. The zero-order chi connectivity index (χ0) is 15.5. The van der Waals surface area contributed by atoms with Crippen molar-refractivity contribution < 1.29 is 13.2 Å². The quantitative estimate of drug-likeness (QED) is 0.765. The summed E-state index contributed by atoms with van der Waals surface area (Å²) in [4.78, 5) is 12.3. The molecule has 2 rings (SSSR count). The predicted molar refractivity (Wildman–Crippen MR) is 82.4 cm³/mol. The van der Waals surface area contributed by atoms with Gasteiger partial charge in [-0.05, 0) is 39.2 Å². The van der Waals surface area contributed by atoms with Gasteiger partial charge in [0.25, 0.3) is 0 Å². The van der Waals surface area contributed by atoms with E-state index in [1.54, 1.807) is 4.31 Å². The van der Waals surface area contributed by atoms with Crippen molar-refractivity contribution in [2.75, 3.05) is 31.9 Å². The molecule has 7 heteroatoms. The molecular weight excluding hydrogens is 290 g/mol. The second kappa shape index (κ2) is 6.62. The highest BCUT2D eigenvalue weighted by molar-refractivity contribution is 7.89. The largest absolute Gasteiger partial charge is 0.353 e. The number of carbonyl (C=O) groups excluding carboxylic acids is 1. The lowest BCUT2D eigenvalue weighted by Crippen LogP contribution is -2.50. The summed E-state index contributed by atoms with van der Waals surface area (Å²) < 4.78 is 25.6. The monoisotopic (exact) mass is 317 g/mol. The topological polar surface area (TPSA) is 78.5 Å². The first-order chi connectivity index (χ1) is 9.87. The summed E-state index contributed by atoms with van der Waals surface area (Å²) in [6, 6.07) is 0.100. The van der Waals surface area contributed by atoms with Crippen LogP contribution in [0, 0.1) is 5.41 Å². The Morgan fingerprint density at radius 3 is 2.57 bits per heavy atom. The number of nitrogens with one attached hydrogen (secondary N) is 2. The third-order valence-corrected chi connectivity index (χ3v) is 6.64. The smallest absolute Gasteiger partial charge is 0.227 e. The van der Waals surface area contributed by atoms with Crippen LogP contribution in [0.4, 0.5) is 0 Å². The molecule has 2 aliphatic heterocycles. The normalized spacial score (nSPS) is 28.7. The van der Waals surface area contributed by atoms with Crippen LogP contribution in [0.3, 0.4) is 0 Å². The van der Waals surface area contributed by atoms with Gasteiger partial charge in [0.15, 0.2) is 0 Å². The number of nitrogens with zero attached hydrogens (tertiary/aromatic N) is 1. The molecule has 0 radical (unpaired) electrons. The Labute approximate surface area is 127 Å². The molecular formula is C14H27N3O3S. The molecule has 0 aromatic heterocycles. The van der Waals surface area contributed by atoms with Crippen LogP contribution in [0.25, 0.3) is 0 Å². The summed E-state index contributed by atoms with van der Waals surface area (Å²) in [5.41, 5.74) is -0.314. The van der Waals surface area contributed by atoms with Crippen LogP contribution in [0.5, 0.6) is 0 Å². The van der Waals surface area contributed by atoms with E-state index in [0.717, 1.165) is 19.5 Å². The summed E-state index contributed by atoms with van der Waals surface area (Å²) in [5.74, 6) is 0.315. The zero-order valence-electron chi connectivity index (χ0n) is 13.0. The standard InChI is InChI=1S/C14H27N3O3S/c1-3-10-21(19,20)17-8-4-12(5-9-17)16-13(18)14(2)6-7-15-11-14/h12,15H,3-11H2,1-2H3,(H,16,18). The number of hydrogen-bond donors (Lipinski definition) is 2. The molecule has 0 aliphatic carbocycles. The van der Waals surface area contributed by atoms with Gasteiger partial charge < -0.3 is 10.6 Å². The van der Waals surface area contributed by atoms with Crippen LogP contribution >= 0.6 is 0 Å². The van der Waals surface area contributed by atoms with Gasteiger partial charge in [-0.25, -0.2) is 12.7 Å². The molecule has 0 bridgehead atoms. The average molecular weight is 317 g/mol. The number of piperidine rings is 1. The molecule has 1 atom stereocenters. The molecule has 21 heavy (non-hydrogen) atoms. The van der Waals surface area contributed by atoms with Crippen molar-refractivity contribution in [2.24, 2.45) is 5.41 Å². The minimum atomic E-state index is -3.10. The molecule has 6 nitrogen and oxygen atoms in total. The summed E-state index contributed by atoms with van der Waals surface area (Å²) >= 11 is 0. The van der Waals surface area contributed by atoms with Crippen molar-refractivity contribution >= 4 is 15.9 Å². The van der Waals surface area contributed by atoms with E-state index in [0.29, 0.717) is 32.4 Å². The first-order valence-electron chi connectivity index (χ1n) is 7.87. The van der Waals surface area contributed by atoms with Crippen molar-refractivity contribution in [3.8, 4) is 0 Å². The van der Waals surface area contributed by atoms with Crippen LogP contribution in [-0.4, -0.2) is 56.6 Å². The van der Waals surface area contributed by atoms with Gasteiger partial charge in [-0.3, -0.25) is 4.79 Å². The van der Waals surface area contributed by atoms with Gasteiger partial charge in [-0.15, -0.1) is 0 Å². The lowest BCUT2D eigenvalue weighted by Gasteiger charge is -2.33. The summed E-state index contributed by atoms with van der Waals surface area (Å²) in [6.07, 6.45) is 2.92. The number of rotatable bonds is 5. The molecule has 0 aromatic carbocycles. The zero-order valence-corrected chi connectivity index (χ0v) is 13.8. The highest BCUT2D eigenvalue weighted by Gasteiger charge is 2.38. The Hall–Kier alpha value is -0.660. The Kier molecular flexibility index (Phi) is 5.27. The predicted octanol–water partition coefficient (Wildman–Crippen LogP) is 0.306. The summed E-state index contributed by atoms with van der Waals surface area (Å²) in [6.45, 7) is 6.51. The van der Waals surface area contributed by atoms with Crippen LogP contribution < -0.4 is 10.6 Å². The fourth-order valence-corrected chi connectivity index (χ4v) is 4.58. The van der Waals surface area contributed by atoms with E-state index in [1.807, 2.05) is 13.8 Å². The molecule has 1 amide bonds. The van der Waals surface area contributed by atoms with Crippen molar-refractivity contribution in [1.82, 2.24) is 14.9 Å². The lowest BCUT2D eigenvalue weighted by molar-refractivity contribution is -0.130. The van der Waals surface area contributed by atoms with Gasteiger partial charge in [0.2, 0.25) is 15.9 Å². The van der Waals surface area contributed by atoms with Crippen molar-refractivity contribution in [3.63, 3.8) is 0 Å². The van der Waals surface area contributed by atoms with E-state index >= 15 is 0 Å². The van der Waals surface area contributed by atoms with Gasteiger partial charge in [-0.1, -0.05) is 6.92 Å². The van der Waals surface area contributed by atoms with Gasteiger partial charge >= 0.3 is 0 Å². The third-order valence-electron chi connectivity index (χ3n) is 4.56. The van der Waals surface area contributed by atoms with Gasteiger partial charge in [-0.2, -0.15) is 0 Å². The molecule has 0 spiro atoms. The van der Waals surface area contributed by atoms with E-state index in [-0.39, 0.29) is 23.1 Å². The highest BCUT2D eigenvalue weighted by Crippen LogP contribution is 2.25. The average Bonchev–Trinajstić information content (AvgIpc) is 2.88. The first kappa shape index (κ1) is 16.7. The van der Waals surface area contributed by atoms with Crippen molar-refractivity contribution in [2.45, 2.75) is 45.6 Å². The lowest BCUT2D eigenvalue weighted by atomic mass is 9.88. The summed E-state index contributed by atoms with van der Waals surface area (Å²) in [7, 11) is -3.10. The number of sulfonamides is 1. The maximum atomic E-state index is 12.3. The third kappa shape index (κ3) is 3.96. The van der Waals surface area contributed by atoms with Crippen molar-refractivity contribution in [3.05, 3.63) is 0 Å². The molecule has 122 valence electrons. The van der Waals surface area contributed by atoms with Crippen molar-refractivity contribution in [1.29, 1.82) is 0 Å². The first-order valence-corrected chi connectivity index (χ1v) is 9.48. The molecule has 2 N–H and O–H groups in total. The fraction of sp³-hybridized carbons (Fsp3) is 0.929. The Bertz CT molecular complexity index is 464. The van der Waals surface area contributed by atoms with Gasteiger partial charge in [0, 0.05) is 25.7 Å². The molecule has 2 aliphatic rings. The molecule has 1 unspecified atom stereocenters. The van der Waals surface area contributed by atoms with E-state index in [4.69, 9.17) is 0 Å². The van der Waals surface area contributed by atoms with E-state index in [2.05, 4.69) is 10.6 Å². The van der Waals surface area contributed by atoms with E-state index in [9.17, 15) is 13.2 Å². The minimum absolute atomic E-state index is 0.0994. The van der Waals surface area contributed by atoms with E-state index in [1.165, 1.54) is 0 Å². The Morgan fingerprint density at radius 2 is 2.05 bits per heavy atom. The van der Waals surface area contributed by atoms with Crippen LogP contribution in [0.1, 0.15) is 39.5 Å². The van der Waals surface area contributed by atoms with Crippen LogP contribution in [-0.2, 0) is 14.8 Å². The van der Waals surface area contributed by atoms with Crippen LogP contribution in [0.2, 0.25) is 0 Å².